The minimum absolute atomic E-state index is 0.0151. The zero-order chi connectivity index (χ0) is 27.5. The second-order valence-corrected chi connectivity index (χ2v) is 9.31. The molecular formula is C23H28F3N7O4. The van der Waals surface area contributed by atoms with Gasteiger partial charge in [0.05, 0.1) is 16.6 Å². The van der Waals surface area contributed by atoms with Crippen molar-refractivity contribution in [2.24, 2.45) is 12.8 Å². The summed E-state index contributed by atoms with van der Waals surface area (Å²) in [7, 11) is 1.28. The van der Waals surface area contributed by atoms with Crippen LogP contribution in [0.3, 0.4) is 0 Å². The van der Waals surface area contributed by atoms with Gasteiger partial charge < -0.3 is 20.4 Å². The maximum atomic E-state index is 13.4. The monoisotopic (exact) mass is 523 g/mol. The van der Waals surface area contributed by atoms with E-state index in [9.17, 15) is 27.6 Å². The standard InChI is InChI=1S/C23H28F3N7O4/c1-22(2,3)37-21(36)28-9-5-6-10-33-16-8-7-13(18(27)34)11-15(16)29-20(33)30-19(35)14-12-32(4)31-17(14)23(24,25)26/h7-8,11-12H,5-6,9-10H2,1-4H3,(H2,27,34)(H,28,36)(H,29,30,35). The van der Waals surface area contributed by atoms with Crippen molar-refractivity contribution in [1.82, 2.24) is 24.6 Å². The highest BCUT2D eigenvalue weighted by atomic mass is 19.4. The summed E-state index contributed by atoms with van der Waals surface area (Å²) in [5.41, 5.74) is 3.77. The third-order valence-corrected chi connectivity index (χ3v) is 5.08. The number of carbonyl (C=O) groups is 3. The minimum atomic E-state index is -4.83. The van der Waals surface area contributed by atoms with Crippen LogP contribution in [0, 0.1) is 0 Å². The summed E-state index contributed by atoms with van der Waals surface area (Å²) in [6.45, 7) is 5.87. The lowest BCUT2D eigenvalue weighted by Gasteiger charge is -2.19. The van der Waals surface area contributed by atoms with Crippen molar-refractivity contribution in [2.45, 2.75) is 51.9 Å². The van der Waals surface area contributed by atoms with Gasteiger partial charge in [0.15, 0.2) is 5.69 Å². The summed E-state index contributed by atoms with van der Waals surface area (Å²) in [4.78, 5) is 40.5. The highest BCUT2D eigenvalue weighted by Crippen LogP contribution is 2.31. The molecule has 0 aliphatic carbocycles. The number of primary amides is 1. The fourth-order valence-corrected chi connectivity index (χ4v) is 3.54. The Morgan fingerprint density at radius 2 is 1.84 bits per heavy atom. The number of amides is 3. The van der Waals surface area contributed by atoms with Crippen molar-refractivity contribution in [3.63, 3.8) is 0 Å². The van der Waals surface area contributed by atoms with Crippen molar-refractivity contribution in [3.05, 3.63) is 41.2 Å². The van der Waals surface area contributed by atoms with Crippen LogP contribution in [0.15, 0.2) is 24.4 Å². The van der Waals surface area contributed by atoms with E-state index in [2.05, 4.69) is 20.7 Å². The number of aryl methyl sites for hydroxylation is 2. The molecule has 0 atom stereocenters. The molecule has 11 nitrogen and oxygen atoms in total. The molecule has 0 radical (unpaired) electrons. The van der Waals surface area contributed by atoms with Gasteiger partial charge in [0.2, 0.25) is 11.9 Å². The van der Waals surface area contributed by atoms with Gasteiger partial charge in [0.1, 0.15) is 5.60 Å². The quantitative estimate of drug-likeness (QED) is 0.386. The van der Waals surface area contributed by atoms with Crippen molar-refractivity contribution in [3.8, 4) is 0 Å². The van der Waals surface area contributed by atoms with Crippen LogP contribution < -0.4 is 16.4 Å². The number of unbranched alkanes of at least 4 members (excludes halogenated alkanes) is 1. The third kappa shape index (κ3) is 6.98. The molecule has 0 saturated carbocycles. The van der Waals surface area contributed by atoms with Crippen LogP contribution >= 0.6 is 0 Å². The zero-order valence-electron chi connectivity index (χ0n) is 20.8. The summed E-state index contributed by atoms with van der Waals surface area (Å²) in [5.74, 6) is -1.74. The Morgan fingerprint density at radius 3 is 2.46 bits per heavy atom. The molecule has 37 heavy (non-hydrogen) atoms. The molecule has 1 aromatic carbocycles. The lowest BCUT2D eigenvalue weighted by molar-refractivity contribution is -0.141. The highest BCUT2D eigenvalue weighted by Gasteiger charge is 2.39. The number of aromatic nitrogens is 4. The average molecular weight is 524 g/mol. The molecular weight excluding hydrogens is 495 g/mol. The number of alkyl carbamates (subject to hydrolysis) is 1. The van der Waals surface area contributed by atoms with Gasteiger partial charge in [-0.25, -0.2) is 9.78 Å². The number of carbonyl (C=O) groups excluding carboxylic acids is 3. The SMILES string of the molecule is Cn1cc(C(=O)Nc2nc3cc(C(N)=O)ccc3n2CCCCNC(=O)OC(C)(C)C)c(C(F)(F)F)n1. The van der Waals surface area contributed by atoms with Crippen molar-refractivity contribution >= 4 is 34.9 Å². The number of rotatable bonds is 8. The van der Waals surface area contributed by atoms with E-state index in [1.165, 1.54) is 19.2 Å². The first-order valence-corrected chi connectivity index (χ1v) is 11.3. The van der Waals surface area contributed by atoms with Crippen LogP contribution in [0.4, 0.5) is 23.9 Å². The molecule has 3 aromatic rings. The summed E-state index contributed by atoms with van der Waals surface area (Å²) in [6, 6.07) is 4.50. The van der Waals surface area contributed by atoms with Gasteiger partial charge >= 0.3 is 12.3 Å². The Hall–Kier alpha value is -4.10. The summed E-state index contributed by atoms with van der Waals surface area (Å²) >= 11 is 0. The first-order chi connectivity index (χ1) is 17.2. The maximum Gasteiger partial charge on any atom is 0.435 e. The molecule has 0 spiro atoms. The molecule has 0 aliphatic rings. The second kappa shape index (κ2) is 10.5. The smallest absolute Gasteiger partial charge is 0.435 e. The number of imidazole rings is 1. The molecule has 3 amide bonds. The van der Waals surface area contributed by atoms with Gasteiger partial charge in [-0.2, -0.15) is 18.3 Å². The summed E-state index contributed by atoms with van der Waals surface area (Å²) in [6.07, 6.45) is -3.36. The number of nitrogens with zero attached hydrogens (tertiary/aromatic N) is 4. The highest BCUT2D eigenvalue weighted by molar-refractivity contribution is 6.05. The number of hydrogen-bond acceptors (Lipinski definition) is 6. The number of hydrogen-bond donors (Lipinski definition) is 3. The zero-order valence-corrected chi connectivity index (χ0v) is 20.8. The van der Waals surface area contributed by atoms with E-state index in [0.717, 1.165) is 10.9 Å². The number of nitrogens with one attached hydrogen (secondary N) is 2. The van der Waals surface area contributed by atoms with Crippen LogP contribution in [0.5, 0.6) is 0 Å². The Kier molecular flexibility index (Phi) is 7.79. The number of fused-ring (bicyclic) bond motifs is 1. The van der Waals surface area contributed by atoms with E-state index >= 15 is 0 Å². The molecule has 2 aromatic heterocycles. The van der Waals surface area contributed by atoms with Crippen molar-refractivity contribution < 1.29 is 32.3 Å². The van der Waals surface area contributed by atoms with Gasteiger partial charge in [0, 0.05) is 31.9 Å². The van der Waals surface area contributed by atoms with Crippen LogP contribution in [0.2, 0.25) is 0 Å². The predicted molar refractivity (Wildman–Crippen MR) is 128 cm³/mol. The molecule has 4 N–H and O–H groups in total. The fourth-order valence-electron chi connectivity index (χ4n) is 3.54. The van der Waals surface area contributed by atoms with E-state index < -0.39 is 40.9 Å². The summed E-state index contributed by atoms with van der Waals surface area (Å²) < 4.78 is 47.8. The fraction of sp³-hybridized carbons (Fsp3) is 0.435. The molecule has 0 unspecified atom stereocenters. The van der Waals surface area contributed by atoms with Gasteiger partial charge in [-0.05, 0) is 51.8 Å². The van der Waals surface area contributed by atoms with E-state index in [1.807, 2.05) is 0 Å². The first kappa shape index (κ1) is 27.5. The van der Waals surface area contributed by atoms with Crippen LogP contribution in [-0.4, -0.2) is 49.4 Å². The Morgan fingerprint density at radius 1 is 1.14 bits per heavy atom. The first-order valence-electron chi connectivity index (χ1n) is 11.3. The second-order valence-electron chi connectivity index (χ2n) is 9.31. The lowest BCUT2D eigenvalue weighted by atomic mass is 10.2. The molecule has 14 heteroatoms. The Labute approximate surface area is 210 Å². The number of benzene rings is 1. The number of nitrogens with two attached hydrogens (primary N) is 1. The number of alkyl halides is 3. The molecule has 0 aliphatic heterocycles. The Balaban J connectivity index is 1.81. The van der Waals surface area contributed by atoms with Crippen molar-refractivity contribution in [1.29, 1.82) is 0 Å². The third-order valence-electron chi connectivity index (χ3n) is 5.08. The number of anilines is 1. The molecule has 0 bridgehead atoms. The largest absolute Gasteiger partial charge is 0.444 e. The lowest BCUT2D eigenvalue weighted by Crippen LogP contribution is -2.33. The number of halogens is 3. The van der Waals surface area contributed by atoms with Crippen LogP contribution in [0.25, 0.3) is 11.0 Å². The topological polar surface area (TPSA) is 146 Å². The maximum absolute atomic E-state index is 13.4. The summed E-state index contributed by atoms with van der Waals surface area (Å²) in [5, 5.41) is 8.43. The van der Waals surface area contributed by atoms with E-state index in [4.69, 9.17) is 10.5 Å². The normalized spacial score (nSPS) is 12.0. The van der Waals surface area contributed by atoms with Crippen LogP contribution in [-0.2, 0) is 24.5 Å². The molecule has 0 fully saturated rings. The minimum Gasteiger partial charge on any atom is -0.444 e. The Bertz CT molecular complexity index is 1320. The van der Waals surface area contributed by atoms with Gasteiger partial charge in [-0.15, -0.1) is 0 Å². The van der Waals surface area contributed by atoms with Gasteiger partial charge in [0.25, 0.3) is 5.91 Å². The number of ether oxygens (including phenoxy) is 1. The van der Waals surface area contributed by atoms with E-state index in [-0.39, 0.29) is 11.5 Å². The predicted octanol–water partition coefficient (Wildman–Crippen LogP) is 3.44. The molecule has 3 rings (SSSR count). The van der Waals surface area contributed by atoms with Crippen molar-refractivity contribution in [2.75, 3.05) is 11.9 Å². The van der Waals surface area contributed by atoms with Gasteiger partial charge in [-0.3, -0.25) is 19.6 Å². The van der Waals surface area contributed by atoms with E-state index in [1.54, 1.807) is 31.4 Å². The molecule has 200 valence electrons. The molecule has 0 saturated heterocycles. The molecule has 2 heterocycles. The average Bonchev–Trinajstić information content (AvgIpc) is 3.32. The van der Waals surface area contributed by atoms with Gasteiger partial charge in [-0.1, -0.05) is 0 Å². The van der Waals surface area contributed by atoms with Crippen LogP contribution in [0.1, 0.15) is 60.0 Å². The van der Waals surface area contributed by atoms with E-state index in [0.29, 0.717) is 37.0 Å².